The summed E-state index contributed by atoms with van der Waals surface area (Å²) >= 11 is 0. The number of hydrogen-bond donors (Lipinski definition) is 0. The highest BCUT2D eigenvalue weighted by Gasteiger charge is 2.32. The predicted molar refractivity (Wildman–Crippen MR) is 73.3 cm³/mol. The van der Waals surface area contributed by atoms with Crippen LogP contribution in [0.4, 0.5) is 4.39 Å². The summed E-state index contributed by atoms with van der Waals surface area (Å²) in [5.74, 6) is -1.09. The number of sulfonamides is 1. The Morgan fingerprint density at radius 1 is 1.48 bits per heavy atom. The number of halogens is 1. The van der Waals surface area contributed by atoms with Crippen LogP contribution in [0.1, 0.15) is 25.3 Å². The fraction of sp³-hybridized carbons (Fsp3) is 0.429. The maximum atomic E-state index is 13.3. The molecule has 7 heteroatoms. The molecule has 0 radical (unpaired) electrons. The molecule has 1 heterocycles. The summed E-state index contributed by atoms with van der Waals surface area (Å²) < 4.78 is 39.6. The van der Waals surface area contributed by atoms with Gasteiger partial charge in [0.25, 0.3) is 0 Å². The maximum absolute atomic E-state index is 13.3. The van der Waals surface area contributed by atoms with Gasteiger partial charge < -0.3 is 0 Å². The highest BCUT2D eigenvalue weighted by atomic mass is 32.2. The Balaban J connectivity index is 2.34. The van der Waals surface area contributed by atoms with Crippen LogP contribution in [0.5, 0.6) is 0 Å². The molecule has 1 saturated heterocycles. The summed E-state index contributed by atoms with van der Waals surface area (Å²) in [4.78, 5) is 11.3. The van der Waals surface area contributed by atoms with E-state index in [1.807, 2.05) is 0 Å². The Kier molecular flexibility index (Phi) is 4.40. The van der Waals surface area contributed by atoms with E-state index in [-0.39, 0.29) is 28.7 Å². The molecule has 1 aromatic rings. The molecule has 0 amide bonds. The minimum atomic E-state index is -3.81. The molecule has 1 atom stereocenters. The molecule has 1 aliphatic rings. The molecule has 0 N–H and O–H groups in total. The summed E-state index contributed by atoms with van der Waals surface area (Å²) in [6.07, 6.45) is 1.28. The zero-order valence-corrected chi connectivity index (χ0v) is 12.4. The number of hydrogen-bond acceptors (Lipinski definition) is 4. The SMILES string of the molecule is CC(=O)C1CCCN(S(=O)(=O)c2ccc(F)c(C#N)c2)C1. The topological polar surface area (TPSA) is 78.2 Å². The van der Waals surface area contributed by atoms with Crippen LogP contribution in [0.2, 0.25) is 0 Å². The van der Waals surface area contributed by atoms with Gasteiger partial charge in [0.1, 0.15) is 17.7 Å². The average Bonchev–Trinajstić information content (AvgIpc) is 2.47. The average molecular weight is 310 g/mol. The van der Waals surface area contributed by atoms with Gasteiger partial charge in [0.05, 0.1) is 10.5 Å². The lowest BCUT2D eigenvalue weighted by Crippen LogP contribution is -2.41. The molecule has 0 spiro atoms. The first-order valence-corrected chi connectivity index (χ1v) is 8.00. The molecule has 1 aromatic carbocycles. The van der Waals surface area contributed by atoms with E-state index in [1.54, 1.807) is 6.07 Å². The van der Waals surface area contributed by atoms with Gasteiger partial charge in [-0.25, -0.2) is 12.8 Å². The summed E-state index contributed by atoms with van der Waals surface area (Å²) in [6.45, 7) is 1.91. The van der Waals surface area contributed by atoms with Crippen molar-refractivity contribution in [2.45, 2.75) is 24.7 Å². The van der Waals surface area contributed by atoms with Crippen LogP contribution in [0, 0.1) is 23.1 Å². The number of carbonyl (C=O) groups is 1. The number of ketones is 1. The molecule has 2 rings (SSSR count). The van der Waals surface area contributed by atoms with Crippen LogP contribution in [0.3, 0.4) is 0 Å². The molecule has 0 saturated carbocycles. The van der Waals surface area contributed by atoms with Crippen molar-refractivity contribution in [3.05, 3.63) is 29.6 Å². The molecule has 1 fully saturated rings. The smallest absolute Gasteiger partial charge is 0.243 e. The number of Topliss-reactive ketones (excluding diaryl/α,β-unsaturated/α-hetero) is 1. The van der Waals surface area contributed by atoms with Gasteiger partial charge in [-0.3, -0.25) is 4.79 Å². The minimum Gasteiger partial charge on any atom is -0.300 e. The third-order valence-electron chi connectivity index (χ3n) is 3.66. The first-order valence-electron chi connectivity index (χ1n) is 6.56. The molecule has 0 aromatic heterocycles. The molecule has 5 nitrogen and oxygen atoms in total. The van der Waals surface area contributed by atoms with Crippen LogP contribution in [0.15, 0.2) is 23.1 Å². The first kappa shape index (κ1) is 15.6. The highest BCUT2D eigenvalue weighted by Crippen LogP contribution is 2.25. The molecule has 0 bridgehead atoms. The van der Waals surface area contributed by atoms with E-state index < -0.39 is 15.8 Å². The van der Waals surface area contributed by atoms with E-state index in [4.69, 9.17) is 5.26 Å². The van der Waals surface area contributed by atoms with E-state index in [0.717, 1.165) is 18.2 Å². The van der Waals surface area contributed by atoms with Crippen molar-refractivity contribution >= 4 is 15.8 Å². The monoisotopic (exact) mass is 310 g/mol. The second-order valence-corrected chi connectivity index (χ2v) is 7.00. The zero-order valence-electron chi connectivity index (χ0n) is 11.5. The van der Waals surface area contributed by atoms with Crippen molar-refractivity contribution in [1.29, 1.82) is 5.26 Å². The lowest BCUT2D eigenvalue weighted by molar-refractivity contribution is -0.121. The highest BCUT2D eigenvalue weighted by molar-refractivity contribution is 7.89. The van der Waals surface area contributed by atoms with E-state index >= 15 is 0 Å². The summed E-state index contributed by atoms with van der Waals surface area (Å²) in [5.41, 5.74) is -0.309. The van der Waals surface area contributed by atoms with Crippen molar-refractivity contribution in [2.75, 3.05) is 13.1 Å². The summed E-state index contributed by atoms with van der Waals surface area (Å²) in [6, 6.07) is 4.77. The van der Waals surface area contributed by atoms with Gasteiger partial charge in [-0.2, -0.15) is 9.57 Å². The van der Waals surface area contributed by atoms with Gasteiger partial charge >= 0.3 is 0 Å². The van der Waals surface area contributed by atoms with Crippen LogP contribution >= 0.6 is 0 Å². The van der Waals surface area contributed by atoms with Crippen LogP contribution in [-0.2, 0) is 14.8 Å². The second kappa shape index (κ2) is 5.92. The predicted octanol–water partition coefficient (Wildman–Crippen LogP) is 1.69. The van der Waals surface area contributed by atoms with Gasteiger partial charge in [-0.15, -0.1) is 0 Å². The number of benzene rings is 1. The van der Waals surface area contributed by atoms with E-state index in [0.29, 0.717) is 19.4 Å². The maximum Gasteiger partial charge on any atom is 0.243 e. The normalized spacial score (nSPS) is 20.0. The number of carbonyl (C=O) groups excluding carboxylic acids is 1. The quantitative estimate of drug-likeness (QED) is 0.851. The number of nitriles is 1. The fourth-order valence-electron chi connectivity index (χ4n) is 2.39. The van der Waals surface area contributed by atoms with Crippen LogP contribution in [-0.4, -0.2) is 31.6 Å². The summed E-state index contributed by atoms with van der Waals surface area (Å²) in [7, 11) is -3.81. The third kappa shape index (κ3) is 3.12. The van der Waals surface area contributed by atoms with Crippen molar-refractivity contribution in [3.63, 3.8) is 0 Å². The molecule has 21 heavy (non-hydrogen) atoms. The third-order valence-corrected chi connectivity index (χ3v) is 5.52. The fourth-order valence-corrected chi connectivity index (χ4v) is 3.94. The van der Waals surface area contributed by atoms with Crippen molar-refractivity contribution < 1.29 is 17.6 Å². The van der Waals surface area contributed by atoms with Gasteiger partial charge in [0, 0.05) is 19.0 Å². The summed E-state index contributed by atoms with van der Waals surface area (Å²) in [5, 5.41) is 8.79. The lowest BCUT2D eigenvalue weighted by Gasteiger charge is -2.30. The van der Waals surface area contributed by atoms with E-state index in [1.165, 1.54) is 11.2 Å². The van der Waals surface area contributed by atoms with Crippen molar-refractivity contribution in [1.82, 2.24) is 4.31 Å². The van der Waals surface area contributed by atoms with Crippen LogP contribution in [0.25, 0.3) is 0 Å². The largest absolute Gasteiger partial charge is 0.300 e. The molecule has 112 valence electrons. The van der Waals surface area contributed by atoms with Crippen molar-refractivity contribution in [3.8, 4) is 6.07 Å². The minimum absolute atomic E-state index is 0.0354. The Bertz CT molecular complexity index is 709. The zero-order chi connectivity index (χ0) is 15.6. The molecular formula is C14H15FN2O3S. The first-order chi connectivity index (χ1) is 9.86. The Labute approximate surface area is 123 Å². The number of piperidine rings is 1. The van der Waals surface area contributed by atoms with Crippen molar-refractivity contribution in [2.24, 2.45) is 5.92 Å². The second-order valence-electron chi connectivity index (χ2n) is 5.07. The standard InChI is InChI=1S/C14H15FN2O3S/c1-10(18)11-3-2-6-17(9-11)21(19,20)13-4-5-14(15)12(7-13)8-16/h4-5,7,11H,2-3,6,9H2,1H3. The van der Waals surface area contributed by atoms with Gasteiger partial charge in [-0.05, 0) is 38.0 Å². The van der Waals surface area contributed by atoms with Crippen LogP contribution < -0.4 is 0 Å². The van der Waals surface area contributed by atoms with E-state index in [2.05, 4.69) is 0 Å². The lowest BCUT2D eigenvalue weighted by atomic mass is 9.96. The van der Waals surface area contributed by atoms with E-state index in [9.17, 15) is 17.6 Å². The Morgan fingerprint density at radius 3 is 2.81 bits per heavy atom. The Morgan fingerprint density at radius 2 is 2.19 bits per heavy atom. The molecule has 1 aliphatic heterocycles. The Hall–Kier alpha value is -1.78. The van der Waals surface area contributed by atoms with Gasteiger partial charge in [0.2, 0.25) is 10.0 Å². The molecule has 1 unspecified atom stereocenters. The van der Waals surface area contributed by atoms with Gasteiger partial charge in [0.15, 0.2) is 0 Å². The molecule has 0 aliphatic carbocycles. The number of rotatable bonds is 3. The number of nitrogens with zero attached hydrogens (tertiary/aromatic N) is 2. The van der Waals surface area contributed by atoms with Gasteiger partial charge in [-0.1, -0.05) is 0 Å². The molecular weight excluding hydrogens is 295 g/mol.